The molecule has 0 aliphatic carbocycles. The van der Waals surface area contributed by atoms with E-state index in [0.717, 1.165) is 34.6 Å². The Hall–Kier alpha value is -1.98. The number of ether oxygens (including phenoxy) is 1. The maximum atomic E-state index is 5.96. The van der Waals surface area contributed by atoms with E-state index >= 15 is 0 Å². The zero-order valence-corrected chi connectivity index (χ0v) is 15.8. The zero-order chi connectivity index (χ0) is 17.6. The molecule has 1 heterocycles. The number of thioether (sulfide) groups is 1. The first kappa shape index (κ1) is 17.8. The highest BCUT2D eigenvalue weighted by Crippen LogP contribution is 2.25. The Labute approximate surface area is 157 Å². The first-order valence-electron chi connectivity index (χ1n) is 8.19. The lowest BCUT2D eigenvalue weighted by Gasteiger charge is -2.08. The van der Waals surface area contributed by atoms with Crippen LogP contribution in [0.25, 0.3) is 11.4 Å². The van der Waals surface area contributed by atoms with E-state index in [1.165, 1.54) is 5.56 Å². The molecule has 0 fully saturated rings. The van der Waals surface area contributed by atoms with Crippen molar-refractivity contribution in [2.24, 2.45) is 0 Å². The molecular formula is C19H20ClN3OS. The highest BCUT2D eigenvalue weighted by atomic mass is 35.5. The van der Waals surface area contributed by atoms with Crippen molar-refractivity contribution >= 4 is 23.4 Å². The van der Waals surface area contributed by atoms with Crippen LogP contribution in [0.15, 0.2) is 53.7 Å². The van der Waals surface area contributed by atoms with E-state index in [2.05, 4.69) is 40.7 Å². The number of benzene rings is 2. The van der Waals surface area contributed by atoms with Crippen LogP contribution in [0.1, 0.15) is 12.5 Å². The van der Waals surface area contributed by atoms with Gasteiger partial charge < -0.3 is 9.30 Å². The lowest BCUT2D eigenvalue weighted by Crippen LogP contribution is -2.03. The van der Waals surface area contributed by atoms with Crippen LogP contribution in [0.3, 0.4) is 0 Å². The van der Waals surface area contributed by atoms with Crippen LogP contribution >= 0.6 is 23.4 Å². The summed E-state index contributed by atoms with van der Waals surface area (Å²) in [4.78, 5) is 0. The highest BCUT2D eigenvalue weighted by Gasteiger charge is 2.13. The molecule has 3 aromatic rings. The Kier molecular flexibility index (Phi) is 6.00. The summed E-state index contributed by atoms with van der Waals surface area (Å²) in [5.74, 6) is 2.57. The smallest absolute Gasteiger partial charge is 0.191 e. The van der Waals surface area contributed by atoms with Gasteiger partial charge in [0.25, 0.3) is 0 Å². The molecule has 0 aliphatic rings. The molecule has 1 aromatic heterocycles. The summed E-state index contributed by atoms with van der Waals surface area (Å²) in [5, 5.41) is 10.3. The van der Waals surface area contributed by atoms with Crippen LogP contribution in [0.2, 0.25) is 5.02 Å². The molecule has 0 saturated carbocycles. The van der Waals surface area contributed by atoms with Crippen molar-refractivity contribution in [1.29, 1.82) is 0 Å². The summed E-state index contributed by atoms with van der Waals surface area (Å²) >= 11 is 7.61. The highest BCUT2D eigenvalue weighted by molar-refractivity contribution is 7.99. The lowest BCUT2D eigenvalue weighted by atomic mass is 10.2. The summed E-state index contributed by atoms with van der Waals surface area (Å²) in [5.41, 5.74) is 2.24. The summed E-state index contributed by atoms with van der Waals surface area (Å²) in [6.45, 7) is 5.60. The molecule has 0 bridgehead atoms. The molecule has 0 spiro atoms. The molecule has 0 N–H and O–H groups in total. The number of hydrogen-bond acceptors (Lipinski definition) is 4. The quantitative estimate of drug-likeness (QED) is 0.426. The van der Waals surface area contributed by atoms with Gasteiger partial charge in [-0.05, 0) is 50.2 Å². The zero-order valence-electron chi connectivity index (χ0n) is 14.3. The summed E-state index contributed by atoms with van der Waals surface area (Å²) in [6.07, 6.45) is 0. The van der Waals surface area contributed by atoms with E-state index in [0.29, 0.717) is 11.6 Å². The monoisotopic (exact) mass is 373 g/mol. The first-order chi connectivity index (χ1) is 12.2. The van der Waals surface area contributed by atoms with E-state index in [-0.39, 0.29) is 0 Å². The van der Waals surface area contributed by atoms with Crippen molar-refractivity contribution in [1.82, 2.24) is 14.8 Å². The third-order valence-corrected chi connectivity index (χ3v) is 4.92. The minimum absolute atomic E-state index is 0.626. The van der Waals surface area contributed by atoms with Crippen molar-refractivity contribution in [3.8, 4) is 17.1 Å². The number of hydrogen-bond donors (Lipinski definition) is 0. The second-order valence-electron chi connectivity index (χ2n) is 5.57. The van der Waals surface area contributed by atoms with Gasteiger partial charge in [-0.1, -0.05) is 41.1 Å². The molecule has 0 radical (unpaired) electrons. The van der Waals surface area contributed by atoms with Crippen LogP contribution in [-0.2, 0) is 6.54 Å². The van der Waals surface area contributed by atoms with E-state index in [9.17, 15) is 0 Å². The van der Waals surface area contributed by atoms with Gasteiger partial charge in [0.15, 0.2) is 11.0 Å². The second-order valence-corrected chi connectivity index (χ2v) is 7.07. The number of rotatable bonds is 7. The van der Waals surface area contributed by atoms with Crippen LogP contribution in [-0.4, -0.2) is 27.1 Å². The molecule has 6 heteroatoms. The molecule has 130 valence electrons. The van der Waals surface area contributed by atoms with Gasteiger partial charge in [-0.3, -0.25) is 0 Å². The summed E-state index contributed by atoms with van der Waals surface area (Å²) in [6, 6.07) is 15.8. The molecule has 0 atom stereocenters. The predicted octanol–water partition coefficient (Wildman–Crippen LogP) is 5.10. The maximum Gasteiger partial charge on any atom is 0.191 e. The van der Waals surface area contributed by atoms with Crippen molar-refractivity contribution in [2.45, 2.75) is 25.5 Å². The SMILES string of the molecule is CCn1c(SCCOc2ccc(C)cc2)nnc1-c1ccc(Cl)cc1. The molecule has 25 heavy (non-hydrogen) atoms. The Morgan fingerprint density at radius 2 is 1.76 bits per heavy atom. The van der Waals surface area contributed by atoms with Crippen molar-refractivity contribution < 1.29 is 4.74 Å². The fraction of sp³-hybridized carbons (Fsp3) is 0.263. The van der Waals surface area contributed by atoms with Gasteiger partial charge in [0.05, 0.1) is 6.61 Å². The van der Waals surface area contributed by atoms with Gasteiger partial charge in [0.2, 0.25) is 0 Å². The number of nitrogens with zero attached hydrogens (tertiary/aromatic N) is 3. The van der Waals surface area contributed by atoms with Crippen molar-refractivity contribution in [3.63, 3.8) is 0 Å². The summed E-state index contributed by atoms with van der Waals surface area (Å²) in [7, 11) is 0. The molecule has 3 rings (SSSR count). The molecule has 0 unspecified atom stereocenters. The van der Waals surface area contributed by atoms with E-state index in [4.69, 9.17) is 16.3 Å². The molecule has 0 saturated heterocycles. The fourth-order valence-corrected chi connectivity index (χ4v) is 3.37. The molecule has 2 aromatic carbocycles. The van der Waals surface area contributed by atoms with Gasteiger partial charge in [-0.2, -0.15) is 0 Å². The average Bonchev–Trinajstić information content (AvgIpc) is 3.04. The number of aryl methyl sites for hydroxylation is 1. The normalized spacial score (nSPS) is 10.8. The van der Waals surface area contributed by atoms with E-state index in [1.54, 1.807) is 11.8 Å². The molecule has 4 nitrogen and oxygen atoms in total. The minimum Gasteiger partial charge on any atom is -0.493 e. The lowest BCUT2D eigenvalue weighted by molar-refractivity contribution is 0.343. The predicted molar refractivity (Wildman–Crippen MR) is 104 cm³/mol. The van der Waals surface area contributed by atoms with Gasteiger partial charge in [0, 0.05) is 22.9 Å². The Bertz CT molecular complexity index is 816. The fourth-order valence-electron chi connectivity index (χ4n) is 2.42. The van der Waals surface area contributed by atoms with Gasteiger partial charge >= 0.3 is 0 Å². The molecular weight excluding hydrogens is 354 g/mol. The van der Waals surface area contributed by atoms with E-state index < -0.39 is 0 Å². The Morgan fingerprint density at radius 1 is 1.04 bits per heavy atom. The standard InChI is InChI=1S/C19H20ClN3OS/c1-3-23-18(15-6-8-16(20)9-7-15)21-22-19(23)25-13-12-24-17-10-4-14(2)5-11-17/h4-11H,3,12-13H2,1-2H3. The summed E-state index contributed by atoms with van der Waals surface area (Å²) < 4.78 is 7.88. The molecule has 0 amide bonds. The average molecular weight is 374 g/mol. The van der Waals surface area contributed by atoms with E-state index in [1.807, 2.05) is 36.4 Å². The maximum absolute atomic E-state index is 5.96. The van der Waals surface area contributed by atoms with Crippen LogP contribution in [0.5, 0.6) is 5.75 Å². The minimum atomic E-state index is 0.626. The number of halogens is 1. The molecule has 0 aliphatic heterocycles. The van der Waals surface area contributed by atoms with Gasteiger partial charge in [0.1, 0.15) is 5.75 Å². The van der Waals surface area contributed by atoms with Gasteiger partial charge in [-0.15, -0.1) is 10.2 Å². The first-order valence-corrected chi connectivity index (χ1v) is 9.55. The third kappa shape index (κ3) is 4.55. The van der Waals surface area contributed by atoms with Crippen LogP contribution in [0, 0.1) is 6.92 Å². The van der Waals surface area contributed by atoms with Crippen LogP contribution < -0.4 is 4.74 Å². The second kappa shape index (κ2) is 8.41. The van der Waals surface area contributed by atoms with Gasteiger partial charge in [-0.25, -0.2) is 0 Å². The largest absolute Gasteiger partial charge is 0.493 e. The Morgan fingerprint density at radius 3 is 2.44 bits per heavy atom. The Balaban J connectivity index is 1.61. The third-order valence-electron chi connectivity index (χ3n) is 3.74. The van der Waals surface area contributed by atoms with Crippen molar-refractivity contribution in [2.75, 3.05) is 12.4 Å². The van der Waals surface area contributed by atoms with Crippen molar-refractivity contribution in [3.05, 3.63) is 59.1 Å². The van der Waals surface area contributed by atoms with Crippen LogP contribution in [0.4, 0.5) is 0 Å². The topological polar surface area (TPSA) is 39.9 Å². The number of aromatic nitrogens is 3.